The van der Waals surface area contributed by atoms with Crippen LogP contribution in [-0.4, -0.2) is 27.6 Å². The van der Waals surface area contributed by atoms with E-state index in [1.54, 1.807) is 30.3 Å². The van der Waals surface area contributed by atoms with Crippen LogP contribution >= 0.6 is 0 Å². The number of pyridine rings is 1. The molecule has 0 atom stereocenters. The largest absolute Gasteiger partial charge is 0.508 e. The quantitative estimate of drug-likeness (QED) is 0.686. The fraction of sp³-hybridized carbons (Fsp3) is 0.278. The Bertz CT molecular complexity index is 769. The van der Waals surface area contributed by atoms with Crippen molar-refractivity contribution in [1.82, 2.24) is 15.6 Å². The lowest BCUT2D eigenvalue weighted by Crippen LogP contribution is -2.41. The molecule has 7 nitrogen and oxygen atoms in total. The average Bonchev–Trinajstić information content (AvgIpc) is 2.53. The lowest BCUT2D eigenvalue weighted by Gasteiger charge is -2.20. The number of anilines is 1. The summed E-state index contributed by atoms with van der Waals surface area (Å²) in [6.45, 7) is 5.80. The summed E-state index contributed by atoms with van der Waals surface area (Å²) < 4.78 is 0. The monoisotopic (exact) mass is 342 g/mol. The van der Waals surface area contributed by atoms with Crippen molar-refractivity contribution in [3.05, 3.63) is 53.9 Å². The second-order valence-electron chi connectivity index (χ2n) is 6.57. The first-order valence-corrected chi connectivity index (χ1v) is 7.85. The number of hydrogen-bond acceptors (Lipinski definition) is 4. The van der Waals surface area contributed by atoms with Gasteiger partial charge in [-0.1, -0.05) is 18.2 Å². The topological polar surface area (TPSA) is 103 Å². The molecule has 0 saturated heterocycles. The molecule has 2 aromatic rings. The van der Waals surface area contributed by atoms with Gasteiger partial charge in [0, 0.05) is 29.5 Å². The van der Waals surface area contributed by atoms with Crippen LogP contribution in [0.3, 0.4) is 0 Å². The van der Waals surface area contributed by atoms with E-state index in [1.807, 2.05) is 20.8 Å². The van der Waals surface area contributed by atoms with E-state index in [9.17, 15) is 14.7 Å². The number of carbonyl (C=O) groups excluding carboxylic acids is 2. The standard InChI is InChI=1S/C18H22N4O3/c1-18(2,3)22-16(24)14-10-13(8-9-19-14)21-17(25)20-11-12-6-4-5-7-15(12)23/h4-10,23H,11H2,1-3H3,(H,22,24)(H2,19,20,21,25). The lowest BCUT2D eigenvalue weighted by atomic mass is 10.1. The number of nitrogens with one attached hydrogen (secondary N) is 3. The highest BCUT2D eigenvalue weighted by Gasteiger charge is 2.16. The molecular formula is C18H22N4O3. The molecule has 7 heteroatoms. The molecule has 0 aliphatic rings. The van der Waals surface area contributed by atoms with Crippen LogP contribution in [0.1, 0.15) is 36.8 Å². The summed E-state index contributed by atoms with van der Waals surface area (Å²) in [5.74, 6) is -0.196. The number of carbonyl (C=O) groups is 2. The highest BCUT2D eigenvalue weighted by Crippen LogP contribution is 2.15. The van der Waals surface area contributed by atoms with E-state index in [1.165, 1.54) is 12.3 Å². The SMILES string of the molecule is CC(C)(C)NC(=O)c1cc(NC(=O)NCc2ccccc2O)ccn1. The normalized spacial score (nSPS) is 10.8. The minimum Gasteiger partial charge on any atom is -0.508 e. The van der Waals surface area contributed by atoms with Gasteiger partial charge in [0.25, 0.3) is 5.91 Å². The fourth-order valence-electron chi connectivity index (χ4n) is 2.05. The van der Waals surface area contributed by atoms with E-state index in [4.69, 9.17) is 0 Å². The van der Waals surface area contributed by atoms with E-state index in [2.05, 4.69) is 20.9 Å². The Morgan fingerprint density at radius 1 is 1.16 bits per heavy atom. The van der Waals surface area contributed by atoms with Gasteiger partial charge in [-0.3, -0.25) is 9.78 Å². The van der Waals surface area contributed by atoms with E-state index >= 15 is 0 Å². The minimum atomic E-state index is -0.448. The average molecular weight is 342 g/mol. The molecule has 0 saturated carbocycles. The van der Waals surface area contributed by atoms with Gasteiger partial charge < -0.3 is 21.1 Å². The Morgan fingerprint density at radius 2 is 1.88 bits per heavy atom. The van der Waals surface area contributed by atoms with Crippen LogP contribution in [0.2, 0.25) is 0 Å². The van der Waals surface area contributed by atoms with Crippen LogP contribution in [0.5, 0.6) is 5.75 Å². The van der Waals surface area contributed by atoms with Gasteiger partial charge in [-0.15, -0.1) is 0 Å². The summed E-state index contributed by atoms with van der Waals surface area (Å²) in [7, 11) is 0. The molecule has 0 unspecified atom stereocenters. The minimum absolute atomic E-state index is 0.118. The molecular weight excluding hydrogens is 320 g/mol. The summed E-state index contributed by atoms with van der Waals surface area (Å²) >= 11 is 0. The number of amides is 3. The number of para-hydroxylation sites is 1. The zero-order chi connectivity index (χ0) is 18.4. The maximum absolute atomic E-state index is 12.1. The number of nitrogens with zero attached hydrogens (tertiary/aromatic N) is 1. The van der Waals surface area contributed by atoms with Crippen molar-refractivity contribution in [3.8, 4) is 5.75 Å². The van der Waals surface area contributed by atoms with Crippen LogP contribution in [0.4, 0.5) is 10.5 Å². The van der Waals surface area contributed by atoms with Gasteiger partial charge in [-0.25, -0.2) is 4.79 Å². The fourth-order valence-corrected chi connectivity index (χ4v) is 2.05. The summed E-state index contributed by atoms with van der Waals surface area (Å²) in [6, 6.07) is 9.40. The van der Waals surface area contributed by atoms with E-state index in [-0.39, 0.29) is 29.4 Å². The number of aromatic nitrogens is 1. The second kappa shape index (κ2) is 7.65. The van der Waals surface area contributed by atoms with Crippen molar-refractivity contribution < 1.29 is 14.7 Å². The molecule has 0 bridgehead atoms. The van der Waals surface area contributed by atoms with Gasteiger partial charge in [0.15, 0.2) is 0 Å². The summed E-state index contributed by atoms with van der Waals surface area (Å²) in [4.78, 5) is 28.1. The molecule has 2 rings (SSSR count). The molecule has 0 spiro atoms. The molecule has 0 aliphatic heterocycles. The van der Waals surface area contributed by atoms with E-state index in [0.717, 1.165) is 0 Å². The molecule has 0 radical (unpaired) electrons. The van der Waals surface area contributed by atoms with Crippen molar-refractivity contribution in [1.29, 1.82) is 0 Å². The molecule has 3 amide bonds. The molecule has 25 heavy (non-hydrogen) atoms. The zero-order valence-corrected chi connectivity index (χ0v) is 14.5. The Balaban J connectivity index is 1.96. The Labute approximate surface area is 146 Å². The van der Waals surface area contributed by atoms with Gasteiger partial charge in [-0.05, 0) is 39.0 Å². The van der Waals surface area contributed by atoms with Gasteiger partial charge in [-0.2, -0.15) is 0 Å². The van der Waals surface area contributed by atoms with E-state index in [0.29, 0.717) is 11.3 Å². The number of urea groups is 1. The highest BCUT2D eigenvalue weighted by atomic mass is 16.3. The summed E-state index contributed by atoms with van der Waals surface area (Å²) in [5, 5.41) is 17.8. The molecule has 1 aromatic carbocycles. The third kappa shape index (κ3) is 5.80. The second-order valence-corrected chi connectivity index (χ2v) is 6.57. The first-order chi connectivity index (χ1) is 11.7. The van der Waals surface area contributed by atoms with Crippen molar-refractivity contribution in [2.75, 3.05) is 5.32 Å². The van der Waals surface area contributed by atoms with Gasteiger partial charge in [0.05, 0.1) is 0 Å². The van der Waals surface area contributed by atoms with Gasteiger partial charge >= 0.3 is 6.03 Å². The van der Waals surface area contributed by atoms with Crippen LogP contribution in [0.15, 0.2) is 42.6 Å². The van der Waals surface area contributed by atoms with Crippen molar-refractivity contribution in [2.45, 2.75) is 32.9 Å². The van der Waals surface area contributed by atoms with Gasteiger partial charge in [0.1, 0.15) is 11.4 Å². The third-order valence-electron chi connectivity index (χ3n) is 3.17. The first kappa shape index (κ1) is 18.3. The Kier molecular flexibility index (Phi) is 5.59. The molecule has 0 fully saturated rings. The van der Waals surface area contributed by atoms with E-state index < -0.39 is 6.03 Å². The number of rotatable bonds is 4. The zero-order valence-electron chi connectivity index (χ0n) is 14.5. The van der Waals surface area contributed by atoms with Crippen molar-refractivity contribution in [3.63, 3.8) is 0 Å². The number of phenolic OH excluding ortho intramolecular Hbond substituents is 1. The molecule has 4 N–H and O–H groups in total. The number of benzene rings is 1. The van der Waals surface area contributed by atoms with Crippen molar-refractivity contribution >= 4 is 17.6 Å². The van der Waals surface area contributed by atoms with Crippen molar-refractivity contribution in [2.24, 2.45) is 0 Å². The van der Waals surface area contributed by atoms with Crippen LogP contribution in [0, 0.1) is 0 Å². The predicted molar refractivity (Wildman–Crippen MR) is 95.4 cm³/mol. The maximum Gasteiger partial charge on any atom is 0.319 e. The molecule has 1 heterocycles. The summed E-state index contributed by atoms with van der Waals surface area (Å²) in [5.41, 5.74) is 0.895. The predicted octanol–water partition coefficient (Wildman–Crippen LogP) is 2.64. The number of phenols is 1. The lowest BCUT2D eigenvalue weighted by molar-refractivity contribution is 0.0914. The molecule has 1 aromatic heterocycles. The molecule has 0 aliphatic carbocycles. The highest BCUT2D eigenvalue weighted by molar-refractivity contribution is 5.95. The van der Waals surface area contributed by atoms with Crippen LogP contribution in [0.25, 0.3) is 0 Å². The molecule has 132 valence electrons. The first-order valence-electron chi connectivity index (χ1n) is 7.85. The number of aromatic hydroxyl groups is 1. The van der Waals surface area contributed by atoms with Crippen LogP contribution in [-0.2, 0) is 6.54 Å². The van der Waals surface area contributed by atoms with Crippen LogP contribution < -0.4 is 16.0 Å². The Morgan fingerprint density at radius 3 is 2.56 bits per heavy atom. The van der Waals surface area contributed by atoms with Gasteiger partial charge in [0.2, 0.25) is 0 Å². The smallest absolute Gasteiger partial charge is 0.319 e. The summed E-state index contributed by atoms with van der Waals surface area (Å²) in [6.07, 6.45) is 1.45. The maximum atomic E-state index is 12.1. The third-order valence-corrected chi connectivity index (χ3v) is 3.17. The Hall–Kier alpha value is -3.09. The number of hydrogen-bond donors (Lipinski definition) is 4.